The topological polar surface area (TPSA) is 47.8 Å². The fraction of sp³-hybridized carbons (Fsp3) is 0.133. The molecule has 0 aliphatic heterocycles. The maximum atomic E-state index is 13.9. The van der Waals surface area contributed by atoms with Gasteiger partial charge in [0.05, 0.1) is 17.4 Å². The Morgan fingerprint density at radius 1 is 1.25 bits per heavy atom. The number of pyridine rings is 1. The van der Waals surface area contributed by atoms with E-state index in [1.165, 1.54) is 10.6 Å². The summed E-state index contributed by atoms with van der Waals surface area (Å²) in [6.45, 7) is 1.90. The minimum atomic E-state index is -0.555. The molecule has 3 aromatic rings. The van der Waals surface area contributed by atoms with E-state index in [2.05, 4.69) is 9.97 Å². The van der Waals surface area contributed by atoms with Crippen molar-refractivity contribution in [1.29, 1.82) is 0 Å². The van der Waals surface area contributed by atoms with Crippen molar-refractivity contribution < 1.29 is 4.39 Å². The lowest BCUT2D eigenvalue weighted by molar-refractivity contribution is 0.636. The summed E-state index contributed by atoms with van der Waals surface area (Å²) in [5, 5.41) is 0.00792. The van der Waals surface area contributed by atoms with Crippen LogP contribution in [0.5, 0.6) is 0 Å². The first kappa shape index (κ1) is 12.5. The smallest absolute Gasteiger partial charge is 0.268 e. The third-order valence-corrected chi connectivity index (χ3v) is 3.14. The molecule has 0 unspecified atom stereocenters. The molecule has 0 N–H and O–H groups in total. The van der Waals surface area contributed by atoms with Crippen molar-refractivity contribution in [1.82, 2.24) is 14.5 Å². The highest BCUT2D eigenvalue weighted by atomic mass is 19.1. The third-order valence-electron chi connectivity index (χ3n) is 3.14. The molecule has 3 rings (SSSR count). The van der Waals surface area contributed by atoms with E-state index in [1.54, 1.807) is 36.7 Å². The average molecular weight is 269 g/mol. The van der Waals surface area contributed by atoms with Gasteiger partial charge in [-0.05, 0) is 24.3 Å². The summed E-state index contributed by atoms with van der Waals surface area (Å²) in [4.78, 5) is 21.0. The van der Waals surface area contributed by atoms with Crippen molar-refractivity contribution in [2.75, 3.05) is 0 Å². The number of halogens is 1. The number of nitrogens with zero attached hydrogens (tertiary/aromatic N) is 3. The third kappa shape index (κ3) is 1.87. The van der Waals surface area contributed by atoms with Gasteiger partial charge in [0.25, 0.3) is 5.56 Å². The maximum Gasteiger partial charge on any atom is 0.269 e. The molecule has 0 aliphatic rings. The summed E-state index contributed by atoms with van der Waals surface area (Å²) in [6, 6.07) is 7.95. The van der Waals surface area contributed by atoms with Crippen LogP contribution in [0.4, 0.5) is 4.39 Å². The molecule has 4 nitrogen and oxygen atoms in total. The summed E-state index contributed by atoms with van der Waals surface area (Å²) < 4.78 is 15.3. The van der Waals surface area contributed by atoms with E-state index in [0.717, 1.165) is 0 Å². The Morgan fingerprint density at radius 2 is 2.10 bits per heavy atom. The molecule has 100 valence electrons. The van der Waals surface area contributed by atoms with E-state index < -0.39 is 11.4 Å². The quantitative estimate of drug-likeness (QED) is 0.718. The molecule has 0 saturated carbocycles. The van der Waals surface area contributed by atoms with Crippen molar-refractivity contribution in [2.45, 2.75) is 13.3 Å². The van der Waals surface area contributed by atoms with Gasteiger partial charge in [0.1, 0.15) is 17.0 Å². The van der Waals surface area contributed by atoms with Gasteiger partial charge in [-0.1, -0.05) is 13.0 Å². The lowest BCUT2D eigenvalue weighted by Gasteiger charge is -2.12. The van der Waals surface area contributed by atoms with Crippen LogP contribution in [0.1, 0.15) is 12.7 Å². The minimum absolute atomic E-state index is 0.00792. The van der Waals surface area contributed by atoms with Gasteiger partial charge in [-0.2, -0.15) is 0 Å². The van der Waals surface area contributed by atoms with Crippen molar-refractivity contribution in [3.8, 4) is 5.69 Å². The van der Waals surface area contributed by atoms with Crippen molar-refractivity contribution in [3.05, 3.63) is 64.7 Å². The van der Waals surface area contributed by atoms with E-state index in [1.807, 2.05) is 6.92 Å². The lowest BCUT2D eigenvalue weighted by Crippen LogP contribution is -2.24. The predicted octanol–water partition coefficient (Wildman–Crippen LogP) is 2.48. The standard InChI is InChI=1S/C15H12FN3O/c1-2-13-18-12-7-3-6-11(16)14(12)15(20)19(13)10-5-4-8-17-9-10/h3-9H,2H2,1H3. The molecular formula is C15H12FN3O. The Balaban J connectivity index is 2.45. The fourth-order valence-electron chi connectivity index (χ4n) is 2.23. The first-order valence-corrected chi connectivity index (χ1v) is 6.33. The van der Waals surface area contributed by atoms with Gasteiger partial charge >= 0.3 is 0 Å². The van der Waals surface area contributed by atoms with Crippen LogP contribution in [-0.2, 0) is 6.42 Å². The number of fused-ring (bicyclic) bond motifs is 1. The maximum absolute atomic E-state index is 13.9. The highest BCUT2D eigenvalue weighted by Crippen LogP contribution is 2.15. The summed E-state index contributed by atoms with van der Waals surface area (Å²) >= 11 is 0. The minimum Gasteiger partial charge on any atom is -0.268 e. The van der Waals surface area contributed by atoms with E-state index >= 15 is 0 Å². The van der Waals surface area contributed by atoms with E-state index in [4.69, 9.17) is 0 Å². The van der Waals surface area contributed by atoms with Gasteiger partial charge in [-0.25, -0.2) is 9.37 Å². The van der Waals surface area contributed by atoms with Crippen molar-refractivity contribution >= 4 is 10.9 Å². The van der Waals surface area contributed by atoms with Crippen molar-refractivity contribution in [2.24, 2.45) is 0 Å². The number of hydrogen-bond donors (Lipinski definition) is 0. The molecule has 0 amide bonds. The van der Waals surface area contributed by atoms with Crippen LogP contribution < -0.4 is 5.56 Å². The van der Waals surface area contributed by atoms with Gasteiger partial charge in [0, 0.05) is 12.6 Å². The average Bonchev–Trinajstić information content (AvgIpc) is 2.47. The Bertz CT molecular complexity index is 828. The molecular weight excluding hydrogens is 257 g/mol. The SMILES string of the molecule is CCc1nc2cccc(F)c2c(=O)n1-c1cccnc1. The number of benzene rings is 1. The Kier molecular flexibility index (Phi) is 3.02. The summed E-state index contributed by atoms with van der Waals surface area (Å²) in [7, 11) is 0. The highest BCUT2D eigenvalue weighted by molar-refractivity contribution is 5.78. The normalized spacial score (nSPS) is 10.9. The first-order chi connectivity index (χ1) is 9.72. The second-order valence-corrected chi connectivity index (χ2v) is 4.37. The van der Waals surface area contributed by atoms with Gasteiger partial charge in [0.2, 0.25) is 0 Å². The molecule has 20 heavy (non-hydrogen) atoms. The van der Waals surface area contributed by atoms with Crippen LogP contribution in [0, 0.1) is 5.82 Å². The van der Waals surface area contributed by atoms with Gasteiger partial charge in [-0.3, -0.25) is 14.3 Å². The number of rotatable bonds is 2. The van der Waals surface area contributed by atoms with E-state index in [9.17, 15) is 9.18 Å². The highest BCUT2D eigenvalue weighted by Gasteiger charge is 2.14. The second-order valence-electron chi connectivity index (χ2n) is 4.37. The zero-order chi connectivity index (χ0) is 14.1. The molecule has 0 spiro atoms. The Morgan fingerprint density at radius 3 is 2.80 bits per heavy atom. The van der Waals surface area contributed by atoms with E-state index in [0.29, 0.717) is 23.4 Å². The molecule has 2 heterocycles. The number of aryl methyl sites for hydroxylation is 1. The number of hydrogen-bond acceptors (Lipinski definition) is 3. The lowest BCUT2D eigenvalue weighted by atomic mass is 10.2. The largest absolute Gasteiger partial charge is 0.269 e. The molecule has 0 radical (unpaired) electrons. The van der Waals surface area contributed by atoms with E-state index in [-0.39, 0.29) is 5.39 Å². The van der Waals surface area contributed by atoms with Crippen LogP contribution in [0.15, 0.2) is 47.5 Å². The van der Waals surface area contributed by atoms with Crippen molar-refractivity contribution in [3.63, 3.8) is 0 Å². The monoisotopic (exact) mass is 269 g/mol. The molecule has 0 saturated heterocycles. The van der Waals surface area contributed by atoms with Gasteiger partial charge < -0.3 is 0 Å². The zero-order valence-corrected chi connectivity index (χ0v) is 10.9. The fourth-order valence-corrected chi connectivity index (χ4v) is 2.23. The second kappa shape index (κ2) is 4.85. The Hall–Kier alpha value is -2.56. The molecule has 5 heteroatoms. The van der Waals surface area contributed by atoms with Crippen LogP contribution >= 0.6 is 0 Å². The predicted molar refractivity (Wildman–Crippen MR) is 74.5 cm³/mol. The number of aromatic nitrogens is 3. The van der Waals surface area contributed by atoms with Crippen LogP contribution in [0.2, 0.25) is 0 Å². The van der Waals surface area contributed by atoms with Crippen LogP contribution in [-0.4, -0.2) is 14.5 Å². The Labute approximate surface area is 114 Å². The molecule has 0 atom stereocenters. The van der Waals surface area contributed by atoms with Crippen LogP contribution in [0.3, 0.4) is 0 Å². The van der Waals surface area contributed by atoms with Gasteiger partial charge in [-0.15, -0.1) is 0 Å². The molecule has 0 bridgehead atoms. The molecule has 0 aliphatic carbocycles. The van der Waals surface area contributed by atoms with Crippen LogP contribution in [0.25, 0.3) is 16.6 Å². The van der Waals surface area contributed by atoms with Gasteiger partial charge in [0.15, 0.2) is 0 Å². The summed E-state index contributed by atoms with van der Waals surface area (Å²) in [5.74, 6) is 0.0291. The zero-order valence-electron chi connectivity index (χ0n) is 10.9. The summed E-state index contributed by atoms with van der Waals surface area (Å²) in [5.41, 5.74) is 0.567. The molecule has 2 aromatic heterocycles. The first-order valence-electron chi connectivity index (χ1n) is 6.33. The summed E-state index contributed by atoms with van der Waals surface area (Å²) in [6.07, 6.45) is 3.75. The molecule has 1 aromatic carbocycles. The molecule has 0 fully saturated rings.